The van der Waals surface area contributed by atoms with E-state index in [1.54, 1.807) is 0 Å². The van der Waals surface area contributed by atoms with Crippen LogP contribution in [0.2, 0.25) is 0 Å². The molecule has 4 heteroatoms. The summed E-state index contributed by atoms with van der Waals surface area (Å²) in [6, 6.07) is 1.52. The molecule has 0 aromatic carbocycles. The Kier molecular flexibility index (Phi) is 4.13. The lowest BCUT2D eigenvalue weighted by Gasteiger charge is -2.45. The topological polar surface area (TPSA) is 27.7 Å². The van der Waals surface area contributed by atoms with Gasteiger partial charge in [0.25, 0.3) is 0 Å². The number of nitrogens with one attached hydrogen (secondary N) is 1. The second-order valence-corrected chi connectivity index (χ2v) is 6.90. The molecule has 0 radical (unpaired) electrons. The van der Waals surface area contributed by atoms with E-state index in [-0.39, 0.29) is 0 Å². The first-order valence-corrected chi connectivity index (χ1v) is 7.93. The second kappa shape index (κ2) is 5.68. The van der Waals surface area contributed by atoms with Gasteiger partial charge in [-0.15, -0.1) is 0 Å². The molecule has 3 atom stereocenters. The van der Waals surface area contributed by atoms with Crippen molar-refractivity contribution >= 4 is 0 Å². The fourth-order valence-electron chi connectivity index (χ4n) is 4.24. The van der Waals surface area contributed by atoms with E-state index in [0.717, 1.165) is 25.8 Å². The summed E-state index contributed by atoms with van der Waals surface area (Å²) in [7, 11) is 2.07. The highest BCUT2D eigenvalue weighted by Gasteiger charge is 2.41. The quantitative estimate of drug-likeness (QED) is 0.815. The second-order valence-electron chi connectivity index (χ2n) is 6.90. The van der Waals surface area contributed by atoms with Crippen molar-refractivity contribution in [1.82, 2.24) is 15.1 Å². The zero-order chi connectivity index (χ0) is 13.3. The summed E-state index contributed by atoms with van der Waals surface area (Å²) in [4.78, 5) is 5.44. The maximum Gasteiger partial charge on any atom is 0.0547 e. The number of nitrogens with zero attached hydrogens (tertiary/aromatic N) is 2. The molecule has 3 aliphatic heterocycles. The third kappa shape index (κ3) is 2.82. The van der Waals surface area contributed by atoms with Crippen molar-refractivity contribution in [2.24, 2.45) is 5.41 Å². The standard InChI is InChI=1S/C15H29N3O/c1-13-8-17-6-3-4-14(17)9-18(13)11-15(10-16-2)5-7-19-12-15/h13-14,16H,3-12H2,1-2H3. The van der Waals surface area contributed by atoms with Gasteiger partial charge in [-0.1, -0.05) is 0 Å². The Labute approximate surface area is 117 Å². The first kappa shape index (κ1) is 13.8. The lowest BCUT2D eigenvalue weighted by Crippen LogP contribution is -2.58. The van der Waals surface area contributed by atoms with Crippen LogP contribution in [-0.2, 0) is 4.74 Å². The Balaban J connectivity index is 1.64. The van der Waals surface area contributed by atoms with Gasteiger partial charge in [0.15, 0.2) is 0 Å². The van der Waals surface area contributed by atoms with Crippen molar-refractivity contribution in [3.63, 3.8) is 0 Å². The fourth-order valence-corrected chi connectivity index (χ4v) is 4.24. The molecule has 0 bridgehead atoms. The van der Waals surface area contributed by atoms with Crippen molar-refractivity contribution in [2.45, 2.75) is 38.3 Å². The van der Waals surface area contributed by atoms with Crippen molar-refractivity contribution < 1.29 is 4.74 Å². The van der Waals surface area contributed by atoms with E-state index >= 15 is 0 Å². The molecule has 3 heterocycles. The van der Waals surface area contributed by atoms with Crippen LogP contribution >= 0.6 is 0 Å². The molecule has 3 fully saturated rings. The molecular weight excluding hydrogens is 238 g/mol. The van der Waals surface area contributed by atoms with Crippen molar-refractivity contribution in [1.29, 1.82) is 0 Å². The number of hydrogen-bond acceptors (Lipinski definition) is 4. The van der Waals surface area contributed by atoms with Gasteiger partial charge in [-0.25, -0.2) is 0 Å². The molecule has 0 aromatic heterocycles. The monoisotopic (exact) mass is 267 g/mol. The summed E-state index contributed by atoms with van der Waals surface area (Å²) in [5.41, 5.74) is 0.351. The summed E-state index contributed by atoms with van der Waals surface area (Å²) in [5, 5.41) is 3.38. The number of fused-ring (bicyclic) bond motifs is 1. The average molecular weight is 267 g/mol. The van der Waals surface area contributed by atoms with E-state index in [1.807, 2.05) is 0 Å². The summed E-state index contributed by atoms with van der Waals surface area (Å²) in [5.74, 6) is 0. The molecule has 3 rings (SSSR count). The molecule has 0 amide bonds. The van der Waals surface area contributed by atoms with Crippen LogP contribution < -0.4 is 5.32 Å². The van der Waals surface area contributed by atoms with Crippen molar-refractivity contribution in [2.75, 3.05) is 53.0 Å². The first-order chi connectivity index (χ1) is 9.22. The van der Waals surface area contributed by atoms with Crippen LogP contribution in [0.1, 0.15) is 26.2 Å². The molecule has 4 nitrogen and oxygen atoms in total. The summed E-state index contributed by atoms with van der Waals surface area (Å²) in [6.45, 7) is 10.4. The minimum atomic E-state index is 0.351. The molecule has 0 saturated carbocycles. The normalized spacial score (nSPS) is 40.7. The smallest absolute Gasteiger partial charge is 0.0547 e. The molecule has 3 aliphatic rings. The fraction of sp³-hybridized carbons (Fsp3) is 1.00. The third-order valence-electron chi connectivity index (χ3n) is 5.34. The van der Waals surface area contributed by atoms with Gasteiger partial charge in [-0.3, -0.25) is 9.80 Å². The largest absolute Gasteiger partial charge is 0.381 e. The van der Waals surface area contributed by atoms with E-state index in [2.05, 4.69) is 29.1 Å². The van der Waals surface area contributed by atoms with Crippen LogP contribution in [0.3, 0.4) is 0 Å². The van der Waals surface area contributed by atoms with Gasteiger partial charge in [-0.05, 0) is 39.8 Å². The van der Waals surface area contributed by atoms with Crippen LogP contribution in [-0.4, -0.2) is 74.9 Å². The van der Waals surface area contributed by atoms with E-state index in [1.165, 1.54) is 45.4 Å². The molecule has 0 aliphatic carbocycles. The Morgan fingerprint density at radius 3 is 3.00 bits per heavy atom. The SMILES string of the molecule is CNCC1(CN2CC3CCCN3CC2C)CCOC1. The van der Waals surface area contributed by atoms with Gasteiger partial charge in [-0.2, -0.15) is 0 Å². The lowest BCUT2D eigenvalue weighted by molar-refractivity contribution is 0.0215. The summed E-state index contributed by atoms with van der Waals surface area (Å²) < 4.78 is 5.70. The Morgan fingerprint density at radius 1 is 1.37 bits per heavy atom. The molecule has 0 aromatic rings. The van der Waals surface area contributed by atoms with Crippen LogP contribution in [0.15, 0.2) is 0 Å². The molecular formula is C15H29N3O. The molecule has 19 heavy (non-hydrogen) atoms. The molecule has 110 valence electrons. The highest BCUT2D eigenvalue weighted by Crippen LogP contribution is 2.32. The van der Waals surface area contributed by atoms with Gasteiger partial charge in [0.05, 0.1) is 6.61 Å². The zero-order valence-electron chi connectivity index (χ0n) is 12.5. The highest BCUT2D eigenvalue weighted by molar-refractivity contribution is 4.95. The Hall–Kier alpha value is -0.160. The van der Waals surface area contributed by atoms with Gasteiger partial charge < -0.3 is 10.1 Å². The van der Waals surface area contributed by atoms with E-state index in [0.29, 0.717) is 11.5 Å². The Bertz CT molecular complexity index is 304. The molecule has 3 saturated heterocycles. The summed E-state index contributed by atoms with van der Waals surface area (Å²) in [6.07, 6.45) is 4.01. The van der Waals surface area contributed by atoms with E-state index < -0.39 is 0 Å². The van der Waals surface area contributed by atoms with Crippen molar-refractivity contribution in [3.05, 3.63) is 0 Å². The summed E-state index contributed by atoms with van der Waals surface area (Å²) >= 11 is 0. The molecule has 1 N–H and O–H groups in total. The van der Waals surface area contributed by atoms with Crippen LogP contribution in [0.4, 0.5) is 0 Å². The lowest BCUT2D eigenvalue weighted by atomic mass is 9.85. The van der Waals surface area contributed by atoms with Crippen LogP contribution in [0.25, 0.3) is 0 Å². The van der Waals surface area contributed by atoms with E-state index in [4.69, 9.17) is 4.74 Å². The highest BCUT2D eigenvalue weighted by atomic mass is 16.5. The molecule has 0 spiro atoms. The first-order valence-electron chi connectivity index (χ1n) is 7.93. The third-order valence-corrected chi connectivity index (χ3v) is 5.34. The minimum Gasteiger partial charge on any atom is -0.381 e. The van der Waals surface area contributed by atoms with Crippen LogP contribution in [0, 0.1) is 5.41 Å². The van der Waals surface area contributed by atoms with Gasteiger partial charge >= 0.3 is 0 Å². The zero-order valence-corrected chi connectivity index (χ0v) is 12.5. The number of ether oxygens (including phenoxy) is 1. The van der Waals surface area contributed by atoms with Gasteiger partial charge in [0, 0.05) is 50.3 Å². The van der Waals surface area contributed by atoms with E-state index in [9.17, 15) is 0 Å². The number of piperazine rings is 1. The van der Waals surface area contributed by atoms with Gasteiger partial charge in [0.1, 0.15) is 0 Å². The molecule has 3 unspecified atom stereocenters. The number of rotatable bonds is 4. The maximum absolute atomic E-state index is 5.70. The maximum atomic E-state index is 5.70. The predicted octanol–water partition coefficient (Wildman–Crippen LogP) is 0.781. The van der Waals surface area contributed by atoms with Crippen molar-refractivity contribution in [3.8, 4) is 0 Å². The number of hydrogen-bond donors (Lipinski definition) is 1. The minimum absolute atomic E-state index is 0.351. The van der Waals surface area contributed by atoms with Gasteiger partial charge in [0.2, 0.25) is 0 Å². The average Bonchev–Trinajstić information content (AvgIpc) is 3.00. The van der Waals surface area contributed by atoms with Crippen LogP contribution in [0.5, 0.6) is 0 Å². The Morgan fingerprint density at radius 2 is 2.26 bits per heavy atom. The predicted molar refractivity (Wildman–Crippen MR) is 77.4 cm³/mol.